The lowest BCUT2D eigenvalue weighted by Gasteiger charge is -2.23. The van der Waals surface area contributed by atoms with E-state index >= 15 is 0 Å². The highest BCUT2D eigenvalue weighted by Gasteiger charge is 2.23. The number of halogens is 1. The second kappa shape index (κ2) is 7.98. The maximum absolute atomic E-state index is 6.03. The summed E-state index contributed by atoms with van der Waals surface area (Å²) in [6.07, 6.45) is 0. The number of rotatable bonds is 6. The second-order valence-electron chi connectivity index (χ2n) is 7.57. The third kappa shape index (κ3) is 4.90. The summed E-state index contributed by atoms with van der Waals surface area (Å²) >= 11 is 6.03. The van der Waals surface area contributed by atoms with Crippen LogP contribution in [0.2, 0.25) is 5.02 Å². The molecule has 0 saturated carbocycles. The van der Waals surface area contributed by atoms with Crippen LogP contribution in [0.15, 0.2) is 54.6 Å². The molecular formula is C20H25ClN5+. The van der Waals surface area contributed by atoms with E-state index < -0.39 is 0 Å². The van der Waals surface area contributed by atoms with Gasteiger partial charge in [0, 0.05) is 16.1 Å². The molecule has 3 aromatic rings. The lowest BCUT2D eigenvalue weighted by molar-refractivity contribution is -0.941. The van der Waals surface area contributed by atoms with Crippen LogP contribution in [0.1, 0.15) is 37.7 Å². The van der Waals surface area contributed by atoms with Crippen molar-refractivity contribution in [2.24, 2.45) is 0 Å². The Kier molecular flexibility index (Phi) is 5.69. The molecule has 2 aromatic carbocycles. The highest BCUT2D eigenvalue weighted by molar-refractivity contribution is 6.30. The molecule has 0 amide bonds. The molecule has 1 unspecified atom stereocenters. The fourth-order valence-corrected chi connectivity index (χ4v) is 3.15. The van der Waals surface area contributed by atoms with Crippen LogP contribution in [0.25, 0.3) is 0 Å². The van der Waals surface area contributed by atoms with Crippen LogP contribution >= 0.6 is 11.6 Å². The van der Waals surface area contributed by atoms with E-state index in [1.54, 1.807) is 0 Å². The van der Waals surface area contributed by atoms with Crippen LogP contribution < -0.4 is 4.90 Å². The fourth-order valence-electron chi connectivity index (χ4n) is 3.02. The molecule has 0 spiro atoms. The van der Waals surface area contributed by atoms with Crippen LogP contribution in [0.5, 0.6) is 0 Å². The van der Waals surface area contributed by atoms with Gasteiger partial charge in [-0.1, -0.05) is 54.1 Å². The molecule has 3 rings (SSSR count). The van der Waals surface area contributed by atoms with Gasteiger partial charge in [0.1, 0.15) is 19.6 Å². The zero-order valence-electron chi connectivity index (χ0n) is 15.5. The number of nitrogens with zero attached hydrogens (tertiary/aromatic N) is 4. The van der Waals surface area contributed by atoms with Gasteiger partial charge >= 0.3 is 0 Å². The van der Waals surface area contributed by atoms with Gasteiger partial charge in [0.2, 0.25) is 5.82 Å². The Morgan fingerprint density at radius 2 is 1.50 bits per heavy atom. The number of quaternary nitrogens is 1. The molecule has 0 aliphatic heterocycles. The van der Waals surface area contributed by atoms with Gasteiger partial charge in [-0.15, -0.1) is 5.10 Å². The van der Waals surface area contributed by atoms with Crippen molar-refractivity contribution < 1.29 is 4.90 Å². The molecule has 1 aromatic heterocycles. The Morgan fingerprint density at radius 1 is 0.885 bits per heavy atom. The minimum atomic E-state index is -0.142. The molecule has 0 aliphatic rings. The summed E-state index contributed by atoms with van der Waals surface area (Å²) in [6.45, 7) is 8.88. The standard InChI is InChI=1S/C20H24ClN5/c1-20(2,3)26-19(22-23-24-26)15-25(13-16-7-5-4-6-8-16)14-17-9-11-18(21)12-10-17/h4-12H,13-15H2,1-3H3/p+1. The average Bonchev–Trinajstić information content (AvgIpc) is 3.06. The zero-order chi connectivity index (χ0) is 18.6. The summed E-state index contributed by atoms with van der Waals surface area (Å²) < 4.78 is 1.92. The van der Waals surface area contributed by atoms with E-state index in [9.17, 15) is 0 Å². The van der Waals surface area contributed by atoms with Crippen molar-refractivity contribution in [1.82, 2.24) is 20.2 Å². The van der Waals surface area contributed by atoms with Gasteiger partial charge in [-0.05, 0) is 43.3 Å². The van der Waals surface area contributed by atoms with Gasteiger partial charge in [-0.3, -0.25) is 0 Å². The van der Waals surface area contributed by atoms with Gasteiger partial charge < -0.3 is 4.90 Å². The van der Waals surface area contributed by atoms with E-state index in [4.69, 9.17) is 11.6 Å². The van der Waals surface area contributed by atoms with Crippen LogP contribution in [0.4, 0.5) is 0 Å². The number of hydrogen-bond donors (Lipinski definition) is 1. The summed E-state index contributed by atoms with van der Waals surface area (Å²) in [5.41, 5.74) is 2.40. The molecule has 1 heterocycles. The van der Waals surface area contributed by atoms with Gasteiger partial charge in [0.05, 0.1) is 5.54 Å². The van der Waals surface area contributed by atoms with Crippen LogP contribution in [-0.2, 0) is 25.2 Å². The van der Waals surface area contributed by atoms with Crippen molar-refractivity contribution in [3.63, 3.8) is 0 Å². The summed E-state index contributed by atoms with van der Waals surface area (Å²) in [6, 6.07) is 18.6. The number of aromatic nitrogens is 4. The molecular weight excluding hydrogens is 346 g/mol. The average molecular weight is 371 g/mol. The summed E-state index contributed by atoms with van der Waals surface area (Å²) in [5.74, 6) is 0.900. The smallest absolute Gasteiger partial charge is 0.206 e. The summed E-state index contributed by atoms with van der Waals surface area (Å²) in [4.78, 5) is 1.37. The summed E-state index contributed by atoms with van der Waals surface area (Å²) in [7, 11) is 0. The molecule has 0 bridgehead atoms. The highest BCUT2D eigenvalue weighted by Crippen LogP contribution is 2.13. The highest BCUT2D eigenvalue weighted by atomic mass is 35.5. The van der Waals surface area contributed by atoms with E-state index in [1.165, 1.54) is 16.0 Å². The topological polar surface area (TPSA) is 48.0 Å². The molecule has 0 radical (unpaired) electrons. The van der Waals surface area contributed by atoms with Gasteiger partial charge in [-0.25, -0.2) is 4.68 Å². The molecule has 136 valence electrons. The van der Waals surface area contributed by atoms with E-state index in [2.05, 4.69) is 72.7 Å². The summed E-state index contributed by atoms with van der Waals surface area (Å²) in [5, 5.41) is 13.1. The molecule has 0 fully saturated rings. The van der Waals surface area contributed by atoms with E-state index in [0.29, 0.717) is 0 Å². The van der Waals surface area contributed by atoms with Crippen LogP contribution in [-0.4, -0.2) is 20.2 Å². The molecule has 26 heavy (non-hydrogen) atoms. The van der Waals surface area contributed by atoms with Crippen molar-refractivity contribution in [1.29, 1.82) is 0 Å². The molecule has 6 heteroatoms. The van der Waals surface area contributed by atoms with E-state index in [1.807, 2.05) is 22.9 Å². The van der Waals surface area contributed by atoms with Crippen molar-refractivity contribution >= 4 is 11.6 Å². The Labute approximate surface area is 159 Å². The van der Waals surface area contributed by atoms with Crippen molar-refractivity contribution in [2.75, 3.05) is 0 Å². The fraction of sp³-hybridized carbons (Fsp3) is 0.350. The largest absolute Gasteiger partial charge is 0.321 e. The Hall–Kier alpha value is -2.24. The Morgan fingerprint density at radius 3 is 2.12 bits per heavy atom. The first kappa shape index (κ1) is 18.5. The molecule has 1 N–H and O–H groups in total. The maximum Gasteiger partial charge on any atom is 0.206 e. The lowest BCUT2D eigenvalue weighted by atomic mass is 10.1. The normalized spacial score (nSPS) is 12.9. The number of benzene rings is 2. The first-order valence-electron chi connectivity index (χ1n) is 8.81. The Bertz CT molecular complexity index is 821. The molecule has 5 nitrogen and oxygen atoms in total. The van der Waals surface area contributed by atoms with Crippen molar-refractivity contribution in [2.45, 2.75) is 45.9 Å². The van der Waals surface area contributed by atoms with Crippen LogP contribution in [0.3, 0.4) is 0 Å². The van der Waals surface area contributed by atoms with Gasteiger partial charge in [0.25, 0.3) is 0 Å². The number of nitrogens with one attached hydrogen (secondary N) is 1. The predicted molar refractivity (Wildman–Crippen MR) is 103 cm³/mol. The van der Waals surface area contributed by atoms with E-state index in [0.717, 1.165) is 30.5 Å². The van der Waals surface area contributed by atoms with E-state index in [-0.39, 0.29) is 5.54 Å². The second-order valence-corrected chi connectivity index (χ2v) is 8.01. The number of hydrogen-bond acceptors (Lipinski definition) is 3. The minimum absolute atomic E-state index is 0.142. The predicted octanol–water partition coefficient (Wildman–Crippen LogP) is 2.87. The first-order chi connectivity index (χ1) is 12.4. The molecule has 1 atom stereocenters. The maximum atomic E-state index is 6.03. The SMILES string of the molecule is CC(C)(C)n1nnnc1C[NH+](Cc1ccccc1)Cc1ccc(Cl)cc1. The van der Waals surface area contributed by atoms with Crippen LogP contribution in [0, 0.1) is 0 Å². The Balaban J connectivity index is 1.83. The first-order valence-corrected chi connectivity index (χ1v) is 9.19. The minimum Gasteiger partial charge on any atom is -0.321 e. The van der Waals surface area contributed by atoms with Gasteiger partial charge in [-0.2, -0.15) is 0 Å². The molecule has 0 saturated heterocycles. The zero-order valence-corrected chi connectivity index (χ0v) is 16.2. The van der Waals surface area contributed by atoms with Gasteiger partial charge in [0.15, 0.2) is 0 Å². The van der Waals surface area contributed by atoms with Crippen molar-refractivity contribution in [3.05, 3.63) is 76.6 Å². The monoisotopic (exact) mass is 370 g/mol. The van der Waals surface area contributed by atoms with Crippen molar-refractivity contribution in [3.8, 4) is 0 Å². The number of tetrazole rings is 1. The quantitative estimate of drug-likeness (QED) is 0.725. The third-order valence-electron chi connectivity index (χ3n) is 4.24. The molecule has 0 aliphatic carbocycles. The lowest BCUT2D eigenvalue weighted by Crippen LogP contribution is -3.08. The third-order valence-corrected chi connectivity index (χ3v) is 4.49.